The number of aryl methyl sites for hydroxylation is 1. The lowest BCUT2D eigenvalue weighted by Crippen LogP contribution is -1.99. The Morgan fingerprint density at radius 1 is 1.11 bits per heavy atom. The molecule has 0 fully saturated rings. The van der Waals surface area contributed by atoms with Crippen molar-refractivity contribution in [3.8, 4) is 5.75 Å². The second kappa shape index (κ2) is 5.14. The SMILES string of the molecule is COc1cc(Nc2ccc(F)c(C)c2)c(F)cc1N. The van der Waals surface area contributed by atoms with Crippen LogP contribution in [0.25, 0.3) is 0 Å². The highest BCUT2D eigenvalue weighted by atomic mass is 19.1. The van der Waals surface area contributed by atoms with E-state index in [1.165, 1.54) is 31.4 Å². The highest BCUT2D eigenvalue weighted by Crippen LogP contribution is 2.30. The zero-order valence-corrected chi connectivity index (χ0v) is 10.6. The van der Waals surface area contributed by atoms with Crippen LogP contribution in [0.5, 0.6) is 5.75 Å². The van der Waals surface area contributed by atoms with Crippen LogP contribution in [0, 0.1) is 18.6 Å². The number of anilines is 3. The molecule has 0 aromatic heterocycles. The molecule has 100 valence electrons. The molecule has 0 amide bonds. The molecule has 3 N–H and O–H groups in total. The van der Waals surface area contributed by atoms with Crippen LogP contribution < -0.4 is 15.8 Å². The number of ether oxygens (including phenoxy) is 1. The van der Waals surface area contributed by atoms with E-state index in [1.54, 1.807) is 13.0 Å². The fourth-order valence-corrected chi connectivity index (χ4v) is 1.72. The van der Waals surface area contributed by atoms with Crippen LogP contribution in [-0.4, -0.2) is 7.11 Å². The molecule has 0 unspecified atom stereocenters. The van der Waals surface area contributed by atoms with Gasteiger partial charge >= 0.3 is 0 Å². The van der Waals surface area contributed by atoms with E-state index in [0.29, 0.717) is 17.0 Å². The number of halogens is 2. The maximum absolute atomic E-state index is 13.8. The summed E-state index contributed by atoms with van der Waals surface area (Å²) in [6, 6.07) is 7.09. The Bertz CT molecular complexity index is 615. The molecule has 0 bridgehead atoms. The van der Waals surface area contributed by atoms with E-state index in [9.17, 15) is 8.78 Å². The van der Waals surface area contributed by atoms with Crippen LogP contribution >= 0.6 is 0 Å². The quantitative estimate of drug-likeness (QED) is 0.832. The molecule has 2 aromatic carbocycles. The van der Waals surface area contributed by atoms with Crippen molar-refractivity contribution in [2.24, 2.45) is 0 Å². The summed E-state index contributed by atoms with van der Waals surface area (Å²) in [4.78, 5) is 0. The Kier molecular flexibility index (Phi) is 3.55. The molecule has 0 saturated carbocycles. The molecule has 0 radical (unpaired) electrons. The topological polar surface area (TPSA) is 47.3 Å². The standard InChI is InChI=1S/C14H14F2N2O/c1-8-5-9(3-4-10(8)15)18-13-7-14(19-2)12(17)6-11(13)16/h3-7,18H,17H2,1-2H3. The zero-order valence-electron chi connectivity index (χ0n) is 10.6. The van der Waals surface area contributed by atoms with Gasteiger partial charge in [0, 0.05) is 17.8 Å². The van der Waals surface area contributed by atoms with Gasteiger partial charge in [0.2, 0.25) is 0 Å². The molecule has 19 heavy (non-hydrogen) atoms. The first-order chi connectivity index (χ1) is 9.01. The highest BCUT2D eigenvalue weighted by Gasteiger charge is 2.09. The van der Waals surface area contributed by atoms with Crippen molar-refractivity contribution in [2.45, 2.75) is 6.92 Å². The first-order valence-electron chi connectivity index (χ1n) is 5.67. The molecule has 2 rings (SSSR count). The fourth-order valence-electron chi connectivity index (χ4n) is 1.72. The molecule has 0 aliphatic heterocycles. The van der Waals surface area contributed by atoms with E-state index in [2.05, 4.69) is 5.32 Å². The molecule has 0 aliphatic carbocycles. The predicted octanol–water partition coefficient (Wildman–Crippen LogP) is 3.61. The number of rotatable bonds is 3. The van der Waals surface area contributed by atoms with Gasteiger partial charge in [0.1, 0.15) is 17.4 Å². The third kappa shape index (κ3) is 2.76. The summed E-state index contributed by atoms with van der Waals surface area (Å²) >= 11 is 0. The summed E-state index contributed by atoms with van der Waals surface area (Å²) in [6.45, 7) is 1.64. The van der Waals surface area contributed by atoms with Crippen molar-refractivity contribution in [1.82, 2.24) is 0 Å². The second-order valence-corrected chi connectivity index (χ2v) is 4.16. The van der Waals surface area contributed by atoms with E-state index in [4.69, 9.17) is 10.5 Å². The van der Waals surface area contributed by atoms with Gasteiger partial charge in [-0.15, -0.1) is 0 Å². The largest absolute Gasteiger partial charge is 0.495 e. The molecule has 5 heteroatoms. The third-order valence-electron chi connectivity index (χ3n) is 2.76. The van der Waals surface area contributed by atoms with Crippen molar-refractivity contribution in [3.63, 3.8) is 0 Å². The first kappa shape index (κ1) is 13.1. The summed E-state index contributed by atoms with van der Waals surface area (Å²) in [6.07, 6.45) is 0. The minimum Gasteiger partial charge on any atom is -0.495 e. The maximum Gasteiger partial charge on any atom is 0.148 e. The Morgan fingerprint density at radius 3 is 2.47 bits per heavy atom. The Balaban J connectivity index is 2.34. The number of nitrogen functional groups attached to an aromatic ring is 1. The van der Waals surface area contributed by atoms with Crippen LogP contribution in [0.2, 0.25) is 0 Å². The molecule has 0 saturated heterocycles. The number of hydrogen-bond acceptors (Lipinski definition) is 3. The van der Waals surface area contributed by atoms with Crippen molar-refractivity contribution >= 4 is 17.1 Å². The highest BCUT2D eigenvalue weighted by molar-refractivity contribution is 5.67. The van der Waals surface area contributed by atoms with E-state index in [-0.39, 0.29) is 17.2 Å². The van der Waals surface area contributed by atoms with Crippen molar-refractivity contribution in [1.29, 1.82) is 0 Å². The molecule has 2 aromatic rings. The van der Waals surface area contributed by atoms with Crippen LogP contribution in [-0.2, 0) is 0 Å². The van der Waals surface area contributed by atoms with Gasteiger partial charge in [0.15, 0.2) is 0 Å². The minimum absolute atomic E-state index is 0.219. The molecular weight excluding hydrogens is 250 g/mol. The Hall–Kier alpha value is -2.30. The summed E-state index contributed by atoms with van der Waals surface area (Å²) < 4.78 is 31.9. The lowest BCUT2D eigenvalue weighted by atomic mass is 10.2. The maximum atomic E-state index is 13.8. The number of benzene rings is 2. The van der Waals surface area contributed by atoms with E-state index in [1.807, 2.05) is 0 Å². The summed E-state index contributed by atoms with van der Waals surface area (Å²) in [5.41, 5.74) is 7.11. The number of nitrogens with one attached hydrogen (secondary N) is 1. The van der Waals surface area contributed by atoms with Crippen molar-refractivity contribution in [3.05, 3.63) is 47.5 Å². The van der Waals surface area contributed by atoms with Gasteiger partial charge in [-0.25, -0.2) is 8.78 Å². The van der Waals surface area contributed by atoms with E-state index >= 15 is 0 Å². The zero-order chi connectivity index (χ0) is 14.0. The van der Waals surface area contributed by atoms with Crippen molar-refractivity contribution in [2.75, 3.05) is 18.2 Å². The molecule has 0 atom stereocenters. The summed E-state index contributed by atoms with van der Waals surface area (Å²) in [5, 5.41) is 2.86. The van der Waals surface area contributed by atoms with E-state index in [0.717, 1.165) is 0 Å². The first-order valence-corrected chi connectivity index (χ1v) is 5.67. The normalized spacial score (nSPS) is 10.3. The summed E-state index contributed by atoms with van der Waals surface area (Å²) in [7, 11) is 1.45. The van der Waals surface area contributed by atoms with Gasteiger partial charge in [-0.2, -0.15) is 0 Å². The van der Waals surface area contributed by atoms with Gasteiger partial charge in [0.05, 0.1) is 18.5 Å². The molecular formula is C14H14F2N2O. The summed E-state index contributed by atoms with van der Waals surface area (Å²) in [5.74, 6) is -0.427. The fraction of sp³-hybridized carbons (Fsp3) is 0.143. The third-order valence-corrected chi connectivity index (χ3v) is 2.76. The minimum atomic E-state index is -0.500. The van der Waals surface area contributed by atoms with Crippen LogP contribution in [0.4, 0.5) is 25.8 Å². The average molecular weight is 264 g/mol. The monoisotopic (exact) mass is 264 g/mol. The molecule has 0 spiro atoms. The van der Waals surface area contributed by atoms with Gasteiger partial charge in [-0.3, -0.25) is 0 Å². The number of nitrogens with two attached hydrogens (primary N) is 1. The Morgan fingerprint density at radius 2 is 1.84 bits per heavy atom. The second-order valence-electron chi connectivity index (χ2n) is 4.16. The van der Waals surface area contributed by atoms with Crippen LogP contribution in [0.3, 0.4) is 0 Å². The molecule has 3 nitrogen and oxygen atoms in total. The van der Waals surface area contributed by atoms with Crippen LogP contribution in [0.1, 0.15) is 5.56 Å². The van der Waals surface area contributed by atoms with Gasteiger partial charge in [0.25, 0.3) is 0 Å². The average Bonchev–Trinajstić information content (AvgIpc) is 2.37. The number of methoxy groups -OCH3 is 1. The lowest BCUT2D eigenvalue weighted by molar-refractivity contribution is 0.416. The molecule has 0 heterocycles. The smallest absolute Gasteiger partial charge is 0.148 e. The molecule has 0 aliphatic rings. The van der Waals surface area contributed by atoms with Gasteiger partial charge in [-0.1, -0.05) is 0 Å². The predicted molar refractivity (Wildman–Crippen MR) is 71.8 cm³/mol. The number of hydrogen-bond donors (Lipinski definition) is 2. The van der Waals surface area contributed by atoms with Gasteiger partial charge in [-0.05, 0) is 30.7 Å². The van der Waals surface area contributed by atoms with Gasteiger partial charge < -0.3 is 15.8 Å². The van der Waals surface area contributed by atoms with Crippen molar-refractivity contribution < 1.29 is 13.5 Å². The van der Waals surface area contributed by atoms with Crippen LogP contribution in [0.15, 0.2) is 30.3 Å². The van der Waals surface area contributed by atoms with E-state index < -0.39 is 5.82 Å². The lowest BCUT2D eigenvalue weighted by Gasteiger charge is -2.12. The Labute approximate surface area is 110 Å².